The van der Waals surface area contributed by atoms with Gasteiger partial charge in [0.2, 0.25) is 0 Å². The van der Waals surface area contributed by atoms with Crippen molar-refractivity contribution in [2.75, 3.05) is 19.7 Å². The number of hydrogen-bond donors (Lipinski definition) is 5. The molecule has 234 valence electrons. The van der Waals surface area contributed by atoms with E-state index in [0.29, 0.717) is 17.8 Å². The van der Waals surface area contributed by atoms with Gasteiger partial charge in [-0.1, -0.05) is 20.8 Å². The summed E-state index contributed by atoms with van der Waals surface area (Å²) >= 11 is 0. The zero-order chi connectivity index (χ0) is 28.8. The first-order valence-corrected chi connectivity index (χ1v) is 17.0. The van der Waals surface area contributed by atoms with Crippen LogP contribution in [0.1, 0.15) is 78.6 Å². The van der Waals surface area contributed by atoms with Crippen molar-refractivity contribution >= 4 is 0 Å². The standard InChI is InChI=1S/C33H55NO7/c1-16-4-9-26-17(2)19-6-7-20-21(23(19)14-34(26)13-16)10-25-22(20)11-27(36)24-8-5-18(12-33(24,25)3)40-32-31(39)30(38)29(37)28(15-35)41-32/h16-32,35-39H,4-15H2,1-3H3/t16-,17+,18+,19+,20+,21-,22-,23+,24-,25+,26-,27-,28+,29-,30-,31+,32-,33-/m1/s1. The van der Waals surface area contributed by atoms with Gasteiger partial charge in [0.1, 0.15) is 24.4 Å². The molecule has 0 unspecified atom stereocenters. The van der Waals surface area contributed by atoms with Crippen molar-refractivity contribution in [3.05, 3.63) is 0 Å². The summed E-state index contributed by atoms with van der Waals surface area (Å²) in [7, 11) is 0. The molecule has 7 rings (SSSR count). The third kappa shape index (κ3) is 4.68. The molecular weight excluding hydrogens is 522 g/mol. The second kappa shape index (κ2) is 10.9. The van der Waals surface area contributed by atoms with E-state index in [4.69, 9.17) is 9.47 Å². The average Bonchev–Trinajstić information content (AvgIpc) is 3.33. The Bertz CT molecular complexity index is 949. The van der Waals surface area contributed by atoms with Crippen LogP contribution < -0.4 is 0 Å². The summed E-state index contributed by atoms with van der Waals surface area (Å²) in [5.74, 6) is 6.06. The molecule has 4 saturated carbocycles. The lowest BCUT2D eigenvalue weighted by atomic mass is 9.51. The highest BCUT2D eigenvalue weighted by Crippen LogP contribution is 2.67. The second-order valence-corrected chi connectivity index (χ2v) is 16.0. The van der Waals surface area contributed by atoms with E-state index in [9.17, 15) is 25.5 Å². The molecule has 4 aliphatic carbocycles. The molecule has 3 saturated heterocycles. The average molecular weight is 578 g/mol. The normalized spacial score (nSPS) is 59.0. The summed E-state index contributed by atoms with van der Waals surface area (Å²) in [5.41, 5.74) is -0.0470. The molecule has 8 heteroatoms. The minimum Gasteiger partial charge on any atom is -0.394 e. The van der Waals surface area contributed by atoms with Gasteiger partial charge in [0.15, 0.2) is 6.29 Å². The molecular formula is C33H55NO7. The number of fused-ring (bicyclic) bond motifs is 8. The highest BCUT2D eigenvalue weighted by Gasteiger charge is 2.63. The van der Waals surface area contributed by atoms with E-state index in [0.717, 1.165) is 61.3 Å². The Labute approximate surface area is 245 Å². The predicted octanol–water partition coefficient (Wildman–Crippen LogP) is 2.39. The van der Waals surface area contributed by atoms with Gasteiger partial charge >= 0.3 is 0 Å². The molecule has 0 aromatic heterocycles. The van der Waals surface area contributed by atoms with Crippen molar-refractivity contribution in [2.45, 2.75) is 128 Å². The molecule has 3 aliphatic heterocycles. The van der Waals surface area contributed by atoms with Crippen LogP contribution in [0.4, 0.5) is 0 Å². The van der Waals surface area contributed by atoms with Gasteiger partial charge in [0, 0.05) is 19.1 Å². The monoisotopic (exact) mass is 577 g/mol. The summed E-state index contributed by atoms with van der Waals surface area (Å²) in [4.78, 5) is 2.87. The van der Waals surface area contributed by atoms with Crippen LogP contribution in [-0.2, 0) is 9.47 Å². The summed E-state index contributed by atoms with van der Waals surface area (Å²) in [5, 5.41) is 52.3. The Hall–Kier alpha value is -0.320. The van der Waals surface area contributed by atoms with Crippen LogP contribution in [0.3, 0.4) is 0 Å². The highest BCUT2D eigenvalue weighted by atomic mass is 16.7. The zero-order valence-corrected chi connectivity index (χ0v) is 25.3. The van der Waals surface area contributed by atoms with E-state index in [-0.39, 0.29) is 23.5 Å². The topological polar surface area (TPSA) is 123 Å². The summed E-state index contributed by atoms with van der Waals surface area (Å²) < 4.78 is 12.1. The van der Waals surface area contributed by atoms with Gasteiger partial charge in [0.25, 0.3) is 0 Å². The predicted molar refractivity (Wildman–Crippen MR) is 152 cm³/mol. The Morgan fingerprint density at radius 1 is 0.780 bits per heavy atom. The van der Waals surface area contributed by atoms with Gasteiger partial charge in [0.05, 0.1) is 18.8 Å². The molecule has 0 bridgehead atoms. The van der Waals surface area contributed by atoms with Gasteiger partial charge in [-0.05, 0) is 116 Å². The van der Waals surface area contributed by atoms with Gasteiger partial charge < -0.3 is 35.0 Å². The molecule has 7 aliphatic rings. The fourth-order valence-electron chi connectivity index (χ4n) is 12.2. The molecule has 41 heavy (non-hydrogen) atoms. The Morgan fingerprint density at radius 2 is 1.56 bits per heavy atom. The zero-order valence-electron chi connectivity index (χ0n) is 25.3. The quantitative estimate of drug-likeness (QED) is 0.324. The number of hydrogen-bond acceptors (Lipinski definition) is 8. The fraction of sp³-hybridized carbons (Fsp3) is 1.00. The smallest absolute Gasteiger partial charge is 0.186 e. The van der Waals surface area contributed by atoms with Crippen LogP contribution in [0.15, 0.2) is 0 Å². The first-order chi connectivity index (χ1) is 19.6. The lowest BCUT2D eigenvalue weighted by Crippen LogP contribution is -2.60. The van der Waals surface area contributed by atoms with Gasteiger partial charge in [-0.2, -0.15) is 0 Å². The van der Waals surface area contributed by atoms with E-state index in [1.165, 1.54) is 45.2 Å². The van der Waals surface area contributed by atoms with Crippen molar-refractivity contribution in [1.82, 2.24) is 4.90 Å². The van der Waals surface area contributed by atoms with E-state index >= 15 is 0 Å². The molecule has 0 amide bonds. The van der Waals surface area contributed by atoms with Crippen LogP contribution in [-0.4, -0.2) is 99.1 Å². The second-order valence-electron chi connectivity index (χ2n) is 16.0. The Kier molecular flexibility index (Phi) is 7.84. The lowest BCUT2D eigenvalue weighted by molar-refractivity contribution is -0.317. The maximum atomic E-state index is 11.5. The van der Waals surface area contributed by atoms with Crippen molar-refractivity contribution in [1.29, 1.82) is 0 Å². The Balaban J connectivity index is 1.10. The van der Waals surface area contributed by atoms with Crippen molar-refractivity contribution in [2.24, 2.45) is 58.7 Å². The fourth-order valence-corrected chi connectivity index (χ4v) is 12.2. The van der Waals surface area contributed by atoms with Crippen LogP contribution in [0.5, 0.6) is 0 Å². The van der Waals surface area contributed by atoms with E-state index in [1.807, 2.05) is 0 Å². The van der Waals surface area contributed by atoms with Crippen molar-refractivity contribution < 1.29 is 35.0 Å². The molecule has 0 aromatic carbocycles. The molecule has 3 heterocycles. The van der Waals surface area contributed by atoms with Crippen LogP contribution in [0.25, 0.3) is 0 Å². The minimum atomic E-state index is -1.43. The van der Waals surface area contributed by atoms with E-state index < -0.39 is 37.3 Å². The maximum absolute atomic E-state index is 11.5. The minimum absolute atomic E-state index is 0.0470. The molecule has 0 aromatic rings. The van der Waals surface area contributed by atoms with Gasteiger partial charge in [-0.25, -0.2) is 0 Å². The van der Waals surface area contributed by atoms with Crippen LogP contribution >= 0.6 is 0 Å². The van der Waals surface area contributed by atoms with Crippen LogP contribution in [0.2, 0.25) is 0 Å². The van der Waals surface area contributed by atoms with E-state index in [2.05, 4.69) is 25.7 Å². The molecule has 8 nitrogen and oxygen atoms in total. The number of aliphatic hydroxyl groups excluding tert-OH is 5. The van der Waals surface area contributed by atoms with Crippen molar-refractivity contribution in [3.8, 4) is 0 Å². The first kappa shape index (κ1) is 29.4. The van der Waals surface area contributed by atoms with Crippen LogP contribution in [0, 0.1) is 58.7 Å². The molecule has 0 spiro atoms. The van der Waals surface area contributed by atoms with Crippen molar-refractivity contribution in [3.63, 3.8) is 0 Å². The Morgan fingerprint density at radius 3 is 2.34 bits per heavy atom. The number of rotatable bonds is 3. The van der Waals surface area contributed by atoms with Gasteiger partial charge in [-0.15, -0.1) is 0 Å². The number of aliphatic hydroxyl groups is 5. The van der Waals surface area contributed by atoms with Gasteiger partial charge in [-0.3, -0.25) is 4.90 Å². The third-order valence-corrected chi connectivity index (χ3v) is 14.1. The summed E-state index contributed by atoms with van der Waals surface area (Å²) in [6.07, 6.45) is 3.43. The number of ether oxygens (including phenoxy) is 2. The van der Waals surface area contributed by atoms with E-state index in [1.54, 1.807) is 0 Å². The summed E-state index contributed by atoms with van der Waals surface area (Å²) in [6.45, 7) is 9.46. The first-order valence-electron chi connectivity index (χ1n) is 17.0. The molecule has 5 N–H and O–H groups in total. The largest absolute Gasteiger partial charge is 0.394 e. The summed E-state index contributed by atoms with van der Waals surface area (Å²) in [6, 6.07) is 0.773. The highest BCUT2D eigenvalue weighted by molar-refractivity contribution is 5.12. The molecule has 18 atom stereocenters. The number of nitrogens with zero attached hydrogens (tertiary/aromatic N) is 1. The lowest BCUT2D eigenvalue weighted by Gasteiger charge is -2.57. The SMILES string of the molecule is C[C@@H]1CC[C@@H]2[C@@H](C)[C@@H]3CC[C@H]4[C@@H](C[C@H]5[C@@H]4C[C@@H](O)[C@H]4CC[C@H](O[C@@H]6O[C@@H](CO)[C@@H](O)[C@@H](O)[C@@H]6O)C[C@]45C)[C@H]3CN2C1. The molecule has 7 fully saturated rings. The maximum Gasteiger partial charge on any atom is 0.186 e. The molecule has 0 radical (unpaired) electrons. The third-order valence-electron chi connectivity index (χ3n) is 14.1. The number of piperidine rings is 2.